The molecular weight excluding hydrogens is 218 g/mol. The zero-order chi connectivity index (χ0) is 12.5. The summed E-state index contributed by atoms with van der Waals surface area (Å²) in [5, 5.41) is 1.32. The SMILES string of the molecule is CCn1c(-c2cccc(C)c2)cc2ccccc21. The van der Waals surface area contributed by atoms with E-state index in [2.05, 4.69) is 73.0 Å². The van der Waals surface area contributed by atoms with Gasteiger partial charge in [-0.1, -0.05) is 42.0 Å². The molecule has 1 heteroatoms. The summed E-state index contributed by atoms with van der Waals surface area (Å²) >= 11 is 0. The molecule has 0 fully saturated rings. The summed E-state index contributed by atoms with van der Waals surface area (Å²) in [7, 11) is 0. The standard InChI is InChI=1S/C17H17N/c1-3-18-16-10-5-4-8-15(16)12-17(18)14-9-6-7-13(2)11-14/h4-12H,3H2,1-2H3. The molecule has 3 rings (SSSR count). The van der Waals surface area contributed by atoms with E-state index in [0.717, 1.165) is 6.54 Å². The first kappa shape index (κ1) is 11.1. The molecule has 1 nitrogen and oxygen atoms in total. The second-order valence-electron chi connectivity index (χ2n) is 4.70. The van der Waals surface area contributed by atoms with Crippen LogP contribution < -0.4 is 0 Å². The average Bonchev–Trinajstić information content (AvgIpc) is 2.77. The van der Waals surface area contributed by atoms with Gasteiger partial charge < -0.3 is 4.57 Å². The van der Waals surface area contributed by atoms with E-state index in [1.54, 1.807) is 0 Å². The molecule has 0 amide bonds. The molecule has 2 aromatic carbocycles. The van der Waals surface area contributed by atoms with E-state index in [-0.39, 0.29) is 0 Å². The van der Waals surface area contributed by atoms with Crippen LogP contribution in [0.25, 0.3) is 22.2 Å². The summed E-state index contributed by atoms with van der Waals surface area (Å²) in [6.45, 7) is 5.34. The Bertz CT molecular complexity index is 692. The maximum absolute atomic E-state index is 2.38. The van der Waals surface area contributed by atoms with Gasteiger partial charge in [-0.15, -0.1) is 0 Å². The highest BCUT2D eigenvalue weighted by molar-refractivity contribution is 5.87. The molecule has 0 saturated heterocycles. The Balaban J connectivity index is 2.28. The average molecular weight is 235 g/mol. The molecule has 1 aromatic heterocycles. The zero-order valence-corrected chi connectivity index (χ0v) is 10.9. The van der Waals surface area contributed by atoms with Crippen LogP contribution in [-0.2, 0) is 6.54 Å². The molecular formula is C17H17N. The Morgan fingerprint density at radius 3 is 2.56 bits per heavy atom. The number of fused-ring (bicyclic) bond motifs is 1. The number of hydrogen-bond acceptors (Lipinski definition) is 0. The number of para-hydroxylation sites is 1. The van der Waals surface area contributed by atoms with Crippen LogP contribution in [0.15, 0.2) is 54.6 Å². The normalized spacial score (nSPS) is 11.0. The van der Waals surface area contributed by atoms with Gasteiger partial charge >= 0.3 is 0 Å². The van der Waals surface area contributed by atoms with Crippen LogP contribution in [0.4, 0.5) is 0 Å². The lowest BCUT2D eigenvalue weighted by atomic mass is 10.1. The van der Waals surface area contributed by atoms with Crippen molar-refractivity contribution >= 4 is 10.9 Å². The van der Waals surface area contributed by atoms with Gasteiger partial charge in [0.05, 0.1) is 0 Å². The predicted molar refractivity (Wildman–Crippen MR) is 77.8 cm³/mol. The first-order chi connectivity index (χ1) is 8.79. The van der Waals surface area contributed by atoms with Crippen LogP contribution in [-0.4, -0.2) is 4.57 Å². The molecule has 0 saturated carbocycles. The third-order valence-electron chi connectivity index (χ3n) is 3.44. The maximum atomic E-state index is 2.38. The van der Waals surface area contributed by atoms with Crippen molar-refractivity contribution in [1.82, 2.24) is 4.57 Å². The number of hydrogen-bond donors (Lipinski definition) is 0. The first-order valence-electron chi connectivity index (χ1n) is 6.45. The van der Waals surface area contributed by atoms with E-state index >= 15 is 0 Å². The summed E-state index contributed by atoms with van der Waals surface area (Å²) in [5.41, 5.74) is 5.23. The first-order valence-corrected chi connectivity index (χ1v) is 6.45. The maximum Gasteiger partial charge on any atom is 0.0491 e. The predicted octanol–water partition coefficient (Wildman–Crippen LogP) is 4.64. The molecule has 90 valence electrons. The van der Waals surface area contributed by atoms with Gasteiger partial charge in [-0.25, -0.2) is 0 Å². The van der Waals surface area contributed by atoms with Crippen molar-refractivity contribution in [3.05, 3.63) is 60.2 Å². The molecule has 0 spiro atoms. The zero-order valence-electron chi connectivity index (χ0n) is 10.9. The third-order valence-corrected chi connectivity index (χ3v) is 3.44. The molecule has 0 aliphatic rings. The van der Waals surface area contributed by atoms with Crippen LogP contribution in [0, 0.1) is 6.92 Å². The largest absolute Gasteiger partial charge is 0.341 e. The van der Waals surface area contributed by atoms with Gasteiger partial charge in [0.1, 0.15) is 0 Å². The van der Waals surface area contributed by atoms with Gasteiger partial charge in [-0.2, -0.15) is 0 Å². The highest BCUT2D eigenvalue weighted by atomic mass is 15.0. The smallest absolute Gasteiger partial charge is 0.0491 e. The molecule has 3 aromatic rings. The van der Waals surface area contributed by atoms with E-state index < -0.39 is 0 Å². The molecule has 0 atom stereocenters. The second-order valence-corrected chi connectivity index (χ2v) is 4.70. The monoisotopic (exact) mass is 235 g/mol. The van der Waals surface area contributed by atoms with Crippen molar-refractivity contribution in [2.75, 3.05) is 0 Å². The topological polar surface area (TPSA) is 4.93 Å². The molecule has 0 aliphatic heterocycles. The fourth-order valence-corrected chi connectivity index (χ4v) is 2.59. The third kappa shape index (κ3) is 1.72. The van der Waals surface area contributed by atoms with Crippen molar-refractivity contribution < 1.29 is 0 Å². The summed E-state index contributed by atoms with van der Waals surface area (Å²) in [4.78, 5) is 0. The van der Waals surface area contributed by atoms with Gasteiger partial charge in [0.2, 0.25) is 0 Å². The quantitative estimate of drug-likeness (QED) is 0.610. The number of aryl methyl sites for hydroxylation is 2. The Hall–Kier alpha value is -2.02. The summed E-state index contributed by atoms with van der Waals surface area (Å²) in [6.07, 6.45) is 0. The molecule has 0 bridgehead atoms. The fraction of sp³-hybridized carbons (Fsp3) is 0.176. The highest BCUT2D eigenvalue weighted by Crippen LogP contribution is 2.28. The van der Waals surface area contributed by atoms with Crippen molar-refractivity contribution in [3.8, 4) is 11.3 Å². The minimum Gasteiger partial charge on any atom is -0.341 e. The molecule has 0 aliphatic carbocycles. The fourth-order valence-electron chi connectivity index (χ4n) is 2.59. The van der Waals surface area contributed by atoms with Crippen LogP contribution in [0.2, 0.25) is 0 Å². The van der Waals surface area contributed by atoms with E-state index in [0.29, 0.717) is 0 Å². The van der Waals surface area contributed by atoms with Crippen molar-refractivity contribution in [2.24, 2.45) is 0 Å². The summed E-state index contributed by atoms with van der Waals surface area (Å²) < 4.78 is 2.38. The number of rotatable bonds is 2. The van der Waals surface area contributed by atoms with Crippen molar-refractivity contribution in [3.63, 3.8) is 0 Å². The molecule has 1 heterocycles. The van der Waals surface area contributed by atoms with Crippen molar-refractivity contribution in [1.29, 1.82) is 0 Å². The number of aromatic nitrogens is 1. The summed E-state index contributed by atoms with van der Waals surface area (Å²) in [5.74, 6) is 0. The van der Waals surface area contributed by atoms with Crippen molar-refractivity contribution in [2.45, 2.75) is 20.4 Å². The van der Waals surface area contributed by atoms with Crippen LogP contribution >= 0.6 is 0 Å². The number of benzene rings is 2. The van der Waals surface area contributed by atoms with Crippen LogP contribution in [0.3, 0.4) is 0 Å². The van der Waals surface area contributed by atoms with Gasteiger partial charge in [-0.05, 0) is 37.6 Å². The van der Waals surface area contributed by atoms with Gasteiger partial charge in [0.25, 0.3) is 0 Å². The lowest BCUT2D eigenvalue weighted by Gasteiger charge is -2.08. The van der Waals surface area contributed by atoms with E-state index in [1.165, 1.54) is 27.7 Å². The molecule has 0 unspecified atom stereocenters. The molecule has 18 heavy (non-hydrogen) atoms. The van der Waals surface area contributed by atoms with Gasteiger partial charge in [0.15, 0.2) is 0 Å². The van der Waals surface area contributed by atoms with Gasteiger partial charge in [0, 0.05) is 23.1 Å². The molecule has 0 N–H and O–H groups in total. The minimum atomic E-state index is 0.997. The van der Waals surface area contributed by atoms with E-state index in [4.69, 9.17) is 0 Å². The Morgan fingerprint density at radius 1 is 0.944 bits per heavy atom. The van der Waals surface area contributed by atoms with Crippen LogP contribution in [0.1, 0.15) is 12.5 Å². The number of nitrogens with zero attached hydrogens (tertiary/aromatic N) is 1. The lowest BCUT2D eigenvalue weighted by Crippen LogP contribution is -1.96. The second kappa shape index (κ2) is 4.34. The van der Waals surface area contributed by atoms with E-state index in [9.17, 15) is 0 Å². The summed E-state index contributed by atoms with van der Waals surface area (Å²) in [6, 6.07) is 19.6. The van der Waals surface area contributed by atoms with Gasteiger partial charge in [-0.3, -0.25) is 0 Å². The minimum absolute atomic E-state index is 0.997. The molecule has 0 radical (unpaired) electrons. The van der Waals surface area contributed by atoms with E-state index in [1.807, 2.05) is 0 Å². The van der Waals surface area contributed by atoms with Crippen LogP contribution in [0.5, 0.6) is 0 Å². The highest BCUT2D eigenvalue weighted by Gasteiger charge is 2.08. The Morgan fingerprint density at radius 2 is 1.78 bits per heavy atom. The Labute approximate surface area is 108 Å². The Kier molecular flexibility index (Phi) is 2.67. The lowest BCUT2D eigenvalue weighted by molar-refractivity contribution is 0.805.